The number of amides is 1. The number of rotatable bonds is 3. The van der Waals surface area contributed by atoms with Gasteiger partial charge in [0.1, 0.15) is 0 Å². The van der Waals surface area contributed by atoms with Crippen molar-refractivity contribution in [3.63, 3.8) is 0 Å². The second-order valence-corrected chi connectivity index (χ2v) is 4.55. The van der Waals surface area contributed by atoms with Gasteiger partial charge in [0.25, 0.3) is 5.91 Å². The van der Waals surface area contributed by atoms with E-state index in [1.807, 2.05) is 24.6 Å². The summed E-state index contributed by atoms with van der Waals surface area (Å²) in [7, 11) is 0. The lowest BCUT2D eigenvalue weighted by molar-refractivity contribution is 0.100. The van der Waals surface area contributed by atoms with Crippen molar-refractivity contribution in [2.24, 2.45) is 5.73 Å². The topological polar surface area (TPSA) is 86.9 Å². The average molecular weight is 258 g/mol. The number of nitrogens with two attached hydrogens (primary N) is 2. The largest absolute Gasteiger partial charge is 0.398 e. The van der Waals surface area contributed by atoms with Gasteiger partial charge in [-0.2, -0.15) is 5.10 Å². The number of carbonyl (C=O) groups excluding carboxylic acids is 1. The molecule has 1 aromatic carbocycles. The van der Waals surface area contributed by atoms with Gasteiger partial charge in [-0.1, -0.05) is 6.92 Å². The number of primary amides is 1. The third-order valence-corrected chi connectivity index (χ3v) is 3.34. The predicted octanol–water partition coefficient (Wildman–Crippen LogP) is 1.73. The van der Waals surface area contributed by atoms with Crippen LogP contribution in [0.3, 0.4) is 0 Å². The summed E-state index contributed by atoms with van der Waals surface area (Å²) < 4.78 is 1.82. The Bertz CT molecular complexity index is 643. The molecule has 0 spiro atoms. The van der Waals surface area contributed by atoms with Crippen molar-refractivity contribution in [2.45, 2.75) is 27.2 Å². The van der Waals surface area contributed by atoms with E-state index in [1.165, 1.54) is 5.56 Å². The molecule has 0 atom stereocenters. The fourth-order valence-electron chi connectivity index (χ4n) is 2.33. The van der Waals surface area contributed by atoms with Crippen LogP contribution < -0.4 is 11.5 Å². The third-order valence-electron chi connectivity index (χ3n) is 3.34. The first-order valence-corrected chi connectivity index (χ1v) is 6.20. The second kappa shape index (κ2) is 4.76. The normalized spacial score (nSPS) is 10.7. The van der Waals surface area contributed by atoms with E-state index in [4.69, 9.17) is 11.5 Å². The maximum atomic E-state index is 11.3. The van der Waals surface area contributed by atoms with E-state index in [0.29, 0.717) is 11.3 Å². The molecular weight excluding hydrogens is 240 g/mol. The average Bonchev–Trinajstić information content (AvgIpc) is 2.64. The van der Waals surface area contributed by atoms with E-state index in [-0.39, 0.29) is 0 Å². The molecule has 0 aliphatic rings. The van der Waals surface area contributed by atoms with Crippen molar-refractivity contribution >= 4 is 11.6 Å². The smallest absolute Gasteiger partial charge is 0.250 e. The van der Waals surface area contributed by atoms with Crippen molar-refractivity contribution in [2.75, 3.05) is 5.73 Å². The monoisotopic (exact) mass is 258 g/mol. The molecule has 19 heavy (non-hydrogen) atoms. The summed E-state index contributed by atoms with van der Waals surface area (Å²) in [4.78, 5) is 11.3. The quantitative estimate of drug-likeness (QED) is 0.822. The standard InChI is InChI=1S/C14H18N4O/c1-4-11-8(2)17-18(9(11)3)10-5-6-13(15)12(7-10)14(16)19/h5-7H,4,15H2,1-3H3,(H2,16,19). The molecule has 1 heterocycles. The Morgan fingerprint density at radius 3 is 2.58 bits per heavy atom. The first kappa shape index (κ1) is 13.1. The van der Waals surface area contributed by atoms with Gasteiger partial charge in [0.2, 0.25) is 0 Å². The summed E-state index contributed by atoms with van der Waals surface area (Å²) in [6, 6.07) is 5.19. The van der Waals surface area contributed by atoms with E-state index < -0.39 is 5.91 Å². The van der Waals surface area contributed by atoms with Crippen LogP contribution >= 0.6 is 0 Å². The third kappa shape index (κ3) is 2.19. The number of benzene rings is 1. The number of nitrogen functional groups attached to an aromatic ring is 1. The number of carbonyl (C=O) groups is 1. The van der Waals surface area contributed by atoms with Crippen LogP contribution in [0.15, 0.2) is 18.2 Å². The Hall–Kier alpha value is -2.30. The van der Waals surface area contributed by atoms with Crippen LogP contribution in [0.2, 0.25) is 0 Å². The Balaban J connectivity index is 2.60. The second-order valence-electron chi connectivity index (χ2n) is 4.55. The van der Waals surface area contributed by atoms with Crippen LogP contribution in [0.5, 0.6) is 0 Å². The Morgan fingerprint density at radius 1 is 1.37 bits per heavy atom. The molecule has 0 saturated heterocycles. The molecule has 0 fully saturated rings. The van der Waals surface area contributed by atoms with Crippen LogP contribution in [0, 0.1) is 13.8 Å². The molecular formula is C14H18N4O. The van der Waals surface area contributed by atoms with Crippen LogP contribution in [0.25, 0.3) is 5.69 Å². The maximum absolute atomic E-state index is 11.3. The molecule has 0 aliphatic carbocycles. The summed E-state index contributed by atoms with van der Waals surface area (Å²) in [5.74, 6) is -0.531. The summed E-state index contributed by atoms with van der Waals surface area (Å²) in [6.45, 7) is 6.09. The van der Waals surface area contributed by atoms with Crippen molar-refractivity contribution in [1.29, 1.82) is 0 Å². The van der Waals surface area contributed by atoms with Crippen molar-refractivity contribution in [3.8, 4) is 5.69 Å². The summed E-state index contributed by atoms with van der Waals surface area (Å²) >= 11 is 0. The molecule has 1 amide bonds. The number of aromatic nitrogens is 2. The van der Waals surface area contributed by atoms with Crippen LogP contribution in [-0.2, 0) is 6.42 Å². The molecule has 0 unspecified atom stereocenters. The van der Waals surface area contributed by atoms with E-state index in [9.17, 15) is 4.79 Å². The first-order valence-electron chi connectivity index (χ1n) is 6.20. The van der Waals surface area contributed by atoms with Gasteiger partial charge in [-0.15, -0.1) is 0 Å². The van der Waals surface area contributed by atoms with Crippen LogP contribution in [0.1, 0.15) is 34.2 Å². The highest BCUT2D eigenvalue weighted by Crippen LogP contribution is 2.21. The van der Waals surface area contributed by atoms with Gasteiger partial charge in [0.15, 0.2) is 0 Å². The number of hydrogen-bond acceptors (Lipinski definition) is 3. The maximum Gasteiger partial charge on any atom is 0.250 e. The van der Waals surface area contributed by atoms with E-state index in [1.54, 1.807) is 12.1 Å². The van der Waals surface area contributed by atoms with Crippen molar-refractivity contribution in [1.82, 2.24) is 9.78 Å². The van der Waals surface area contributed by atoms with E-state index >= 15 is 0 Å². The van der Waals surface area contributed by atoms with Gasteiger partial charge < -0.3 is 11.5 Å². The van der Waals surface area contributed by atoms with Crippen molar-refractivity contribution < 1.29 is 4.79 Å². The number of aryl methyl sites for hydroxylation is 1. The predicted molar refractivity (Wildman–Crippen MR) is 75.3 cm³/mol. The van der Waals surface area contributed by atoms with Gasteiger partial charge in [-0.3, -0.25) is 4.79 Å². The van der Waals surface area contributed by atoms with Gasteiger partial charge in [0.05, 0.1) is 16.9 Å². The Labute approximate surface area is 112 Å². The molecule has 5 heteroatoms. The van der Waals surface area contributed by atoms with E-state index in [0.717, 1.165) is 23.5 Å². The van der Waals surface area contributed by atoms with Crippen LogP contribution in [0.4, 0.5) is 5.69 Å². The molecule has 0 bridgehead atoms. The molecule has 0 saturated carbocycles. The Morgan fingerprint density at radius 2 is 2.05 bits per heavy atom. The van der Waals surface area contributed by atoms with Gasteiger partial charge in [-0.25, -0.2) is 4.68 Å². The lowest BCUT2D eigenvalue weighted by atomic mass is 10.1. The number of hydrogen-bond donors (Lipinski definition) is 2. The molecule has 2 rings (SSSR count). The lowest BCUT2D eigenvalue weighted by Gasteiger charge is -2.08. The Kier molecular flexibility index (Phi) is 3.29. The van der Waals surface area contributed by atoms with Gasteiger partial charge >= 0.3 is 0 Å². The zero-order chi connectivity index (χ0) is 14.2. The molecule has 0 aliphatic heterocycles. The molecule has 4 N–H and O–H groups in total. The van der Waals surface area contributed by atoms with Crippen molar-refractivity contribution in [3.05, 3.63) is 40.7 Å². The molecule has 5 nitrogen and oxygen atoms in total. The summed E-state index contributed by atoms with van der Waals surface area (Å²) in [5.41, 5.74) is 15.8. The highest BCUT2D eigenvalue weighted by molar-refractivity contribution is 5.98. The highest BCUT2D eigenvalue weighted by Gasteiger charge is 2.13. The van der Waals surface area contributed by atoms with Gasteiger partial charge in [-0.05, 0) is 44.0 Å². The minimum Gasteiger partial charge on any atom is -0.398 e. The molecule has 1 aromatic heterocycles. The molecule has 2 aromatic rings. The minimum absolute atomic E-state index is 0.322. The highest BCUT2D eigenvalue weighted by atomic mass is 16.1. The first-order chi connectivity index (χ1) is 8.95. The fraction of sp³-hybridized carbons (Fsp3) is 0.286. The zero-order valence-electron chi connectivity index (χ0n) is 11.4. The summed E-state index contributed by atoms with van der Waals surface area (Å²) in [6.07, 6.45) is 0.926. The van der Waals surface area contributed by atoms with Gasteiger partial charge in [0, 0.05) is 11.4 Å². The summed E-state index contributed by atoms with van der Waals surface area (Å²) in [5, 5.41) is 4.51. The van der Waals surface area contributed by atoms with E-state index in [2.05, 4.69) is 12.0 Å². The number of anilines is 1. The SMILES string of the molecule is CCc1c(C)nn(-c2ccc(N)c(C(N)=O)c2)c1C. The number of nitrogens with zero attached hydrogens (tertiary/aromatic N) is 2. The zero-order valence-corrected chi connectivity index (χ0v) is 11.4. The van der Waals surface area contributed by atoms with Crippen LogP contribution in [-0.4, -0.2) is 15.7 Å². The minimum atomic E-state index is -0.531. The fourth-order valence-corrected chi connectivity index (χ4v) is 2.33. The molecule has 100 valence electrons. The molecule has 0 radical (unpaired) electrons. The lowest BCUT2D eigenvalue weighted by Crippen LogP contribution is -2.14.